The lowest BCUT2D eigenvalue weighted by molar-refractivity contribution is -0.142. The van der Waals surface area contributed by atoms with Gasteiger partial charge in [-0.15, -0.1) is 0 Å². The molecule has 1 aromatic carbocycles. The van der Waals surface area contributed by atoms with Crippen molar-refractivity contribution in [1.82, 2.24) is 20.0 Å². The number of carbonyl (C=O) groups is 1. The molecule has 0 aliphatic carbocycles. The minimum atomic E-state index is -4.54. The highest BCUT2D eigenvalue weighted by atomic mass is 35.5. The Morgan fingerprint density at radius 3 is 2.63 bits per heavy atom. The first-order valence-corrected chi connectivity index (χ1v) is 8.92. The summed E-state index contributed by atoms with van der Waals surface area (Å²) in [4.78, 5) is 14.2. The predicted octanol–water partition coefficient (Wildman–Crippen LogP) is 3.42. The number of likely N-dealkylation sites (N-methyl/N-ethyl adjacent to an activating group) is 1. The molecule has 1 unspecified atom stereocenters. The normalized spacial score (nSPS) is 16.1. The number of nitrogens with zero attached hydrogens (tertiary/aromatic N) is 3. The van der Waals surface area contributed by atoms with Crippen LogP contribution in [0.5, 0.6) is 0 Å². The van der Waals surface area contributed by atoms with Crippen molar-refractivity contribution in [2.24, 2.45) is 0 Å². The number of rotatable bonds is 4. The summed E-state index contributed by atoms with van der Waals surface area (Å²) >= 11 is 5.85. The van der Waals surface area contributed by atoms with E-state index in [1.54, 1.807) is 38.2 Å². The average molecular weight is 401 g/mol. The van der Waals surface area contributed by atoms with Crippen LogP contribution in [0.4, 0.5) is 13.2 Å². The first kappa shape index (κ1) is 19.7. The molecule has 1 atom stereocenters. The monoisotopic (exact) mass is 400 g/mol. The fourth-order valence-electron chi connectivity index (χ4n) is 3.24. The quantitative estimate of drug-likeness (QED) is 0.855. The Labute approximate surface area is 160 Å². The minimum Gasteiger partial charge on any atom is -0.348 e. The maximum Gasteiger partial charge on any atom is 0.435 e. The fraction of sp³-hybridized carbons (Fsp3) is 0.444. The van der Waals surface area contributed by atoms with E-state index < -0.39 is 17.8 Å². The first-order chi connectivity index (χ1) is 12.6. The number of fused-ring (bicyclic) bond motifs is 1. The van der Waals surface area contributed by atoms with E-state index >= 15 is 0 Å². The van der Waals surface area contributed by atoms with Gasteiger partial charge in [0.15, 0.2) is 5.69 Å². The van der Waals surface area contributed by atoms with Gasteiger partial charge >= 0.3 is 6.18 Å². The number of hydrogen-bond donors (Lipinski definition) is 1. The topological polar surface area (TPSA) is 50.2 Å². The van der Waals surface area contributed by atoms with Crippen molar-refractivity contribution in [3.63, 3.8) is 0 Å². The van der Waals surface area contributed by atoms with E-state index in [-0.39, 0.29) is 24.7 Å². The van der Waals surface area contributed by atoms with Crippen LogP contribution in [-0.2, 0) is 30.5 Å². The van der Waals surface area contributed by atoms with E-state index in [0.29, 0.717) is 23.7 Å². The van der Waals surface area contributed by atoms with Crippen LogP contribution in [0.1, 0.15) is 35.5 Å². The van der Waals surface area contributed by atoms with Crippen LogP contribution >= 0.6 is 11.6 Å². The Morgan fingerprint density at radius 1 is 1.33 bits per heavy atom. The molecule has 9 heteroatoms. The Morgan fingerprint density at radius 2 is 2.00 bits per heavy atom. The summed E-state index contributed by atoms with van der Waals surface area (Å²) in [7, 11) is 1.76. The van der Waals surface area contributed by atoms with Gasteiger partial charge in [-0.25, -0.2) is 0 Å². The summed E-state index contributed by atoms with van der Waals surface area (Å²) in [6.45, 7) is 2.35. The van der Waals surface area contributed by atoms with Crippen LogP contribution in [-0.4, -0.2) is 34.2 Å². The molecule has 2 heterocycles. The van der Waals surface area contributed by atoms with Crippen molar-refractivity contribution in [3.05, 3.63) is 51.8 Å². The molecule has 1 aliphatic heterocycles. The number of benzene rings is 1. The third-order valence-corrected chi connectivity index (χ3v) is 4.89. The van der Waals surface area contributed by atoms with Gasteiger partial charge < -0.3 is 10.2 Å². The van der Waals surface area contributed by atoms with Crippen molar-refractivity contribution in [3.8, 4) is 0 Å². The van der Waals surface area contributed by atoms with E-state index in [0.717, 1.165) is 5.56 Å². The molecule has 0 saturated heterocycles. The molecule has 1 N–H and O–H groups in total. The predicted molar refractivity (Wildman–Crippen MR) is 95.3 cm³/mol. The molecule has 1 amide bonds. The third kappa shape index (κ3) is 4.44. The molecular formula is C18H20ClF3N4O. The second kappa shape index (κ2) is 7.52. The number of alkyl halides is 3. The molecule has 3 rings (SSSR count). The van der Waals surface area contributed by atoms with Gasteiger partial charge in [0.1, 0.15) is 6.54 Å². The van der Waals surface area contributed by atoms with Crippen LogP contribution in [0.25, 0.3) is 0 Å². The largest absolute Gasteiger partial charge is 0.435 e. The molecule has 0 spiro atoms. The van der Waals surface area contributed by atoms with Crippen molar-refractivity contribution in [2.75, 3.05) is 13.6 Å². The van der Waals surface area contributed by atoms with Gasteiger partial charge in [0.05, 0.1) is 6.04 Å². The summed E-state index contributed by atoms with van der Waals surface area (Å²) in [6, 6.07) is 6.72. The highest BCUT2D eigenvalue weighted by molar-refractivity contribution is 6.30. The fourth-order valence-corrected chi connectivity index (χ4v) is 3.37. The van der Waals surface area contributed by atoms with E-state index in [9.17, 15) is 18.0 Å². The van der Waals surface area contributed by atoms with E-state index in [4.69, 9.17) is 11.6 Å². The lowest BCUT2D eigenvalue weighted by Gasteiger charge is -2.24. The standard InChI is InChI=1S/C18H20ClF3N4O/c1-11(12-3-5-13(19)6-4-12)23-16(27)10-26-15-7-8-25(2)9-14(15)17(24-26)18(20,21)22/h3-6,11H,7-10H2,1-2H3,(H,23,27). The van der Waals surface area contributed by atoms with Crippen LogP contribution < -0.4 is 5.32 Å². The van der Waals surface area contributed by atoms with Gasteiger partial charge in [-0.05, 0) is 31.7 Å². The molecule has 5 nitrogen and oxygen atoms in total. The lowest BCUT2D eigenvalue weighted by atomic mass is 10.1. The van der Waals surface area contributed by atoms with Gasteiger partial charge in [-0.1, -0.05) is 23.7 Å². The Balaban J connectivity index is 1.77. The van der Waals surface area contributed by atoms with Crippen molar-refractivity contribution >= 4 is 17.5 Å². The van der Waals surface area contributed by atoms with Gasteiger partial charge in [0.25, 0.3) is 0 Å². The summed E-state index contributed by atoms with van der Waals surface area (Å²) in [5, 5.41) is 7.10. The smallest absolute Gasteiger partial charge is 0.348 e. The Hall–Kier alpha value is -2.06. The zero-order valence-electron chi connectivity index (χ0n) is 15.0. The second-order valence-electron chi connectivity index (χ2n) is 6.76. The third-order valence-electron chi connectivity index (χ3n) is 4.63. The molecule has 146 valence electrons. The van der Waals surface area contributed by atoms with E-state index in [1.807, 2.05) is 4.90 Å². The van der Waals surface area contributed by atoms with E-state index in [2.05, 4.69) is 10.4 Å². The van der Waals surface area contributed by atoms with Crippen molar-refractivity contribution in [1.29, 1.82) is 0 Å². The summed E-state index contributed by atoms with van der Waals surface area (Å²) in [6.07, 6.45) is -4.12. The zero-order valence-corrected chi connectivity index (χ0v) is 15.7. The molecule has 0 radical (unpaired) electrons. The maximum absolute atomic E-state index is 13.3. The summed E-state index contributed by atoms with van der Waals surface area (Å²) in [5.41, 5.74) is 0.597. The van der Waals surface area contributed by atoms with Crippen molar-refractivity contribution in [2.45, 2.75) is 38.7 Å². The lowest BCUT2D eigenvalue weighted by Crippen LogP contribution is -2.32. The van der Waals surface area contributed by atoms with Gasteiger partial charge in [-0.2, -0.15) is 18.3 Å². The van der Waals surface area contributed by atoms with Crippen LogP contribution in [0.15, 0.2) is 24.3 Å². The Kier molecular flexibility index (Phi) is 5.48. The highest BCUT2D eigenvalue weighted by Crippen LogP contribution is 2.34. The molecule has 1 aromatic heterocycles. The second-order valence-corrected chi connectivity index (χ2v) is 7.19. The average Bonchev–Trinajstić information content (AvgIpc) is 2.93. The number of carbonyl (C=O) groups excluding carboxylic acids is 1. The number of amides is 1. The van der Waals surface area contributed by atoms with Gasteiger partial charge in [0, 0.05) is 35.8 Å². The number of nitrogens with one attached hydrogen (secondary N) is 1. The van der Waals surface area contributed by atoms with Gasteiger partial charge in [-0.3, -0.25) is 9.48 Å². The number of hydrogen-bond acceptors (Lipinski definition) is 3. The van der Waals surface area contributed by atoms with Gasteiger partial charge in [0.2, 0.25) is 5.91 Å². The van der Waals surface area contributed by atoms with Crippen LogP contribution in [0.2, 0.25) is 5.02 Å². The minimum absolute atomic E-state index is 0.162. The zero-order chi connectivity index (χ0) is 19.8. The van der Waals surface area contributed by atoms with Crippen molar-refractivity contribution < 1.29 is 18.0 Å². The Bertz CT molecular complexity index is 832. The molecular weight excluding hydrogens is 381 g/mol. The summed E-state index contributed by atoms with van der Waals surface area (Å²) < 4.78 is 41.1. The summed E-state index contributed by atoms with van der Waals surface area (Å²) in [5.74, 6) is -0.393. The molecule has 27 heavy (non-hydrogen) atoms. The first-order valence-electron chi connectivity index (χ1n) is 8.54. The molecule has 0 saturated carbocycles. The molecule has 0 fully saturated rings. The highest BCUT2D eigenvalue weighted by Gasteiger charge is 2.40. The molecule has 1 aliphatic rings. The molecule has 2 aromatic rings. The maximum atomic E-state index is 13.3. The van der Waals surface area contributed by atoms with Crippen LogP contribution in [0, 0.1) is 0 Å². The number of aromatic nitrogens is 2. The molecule has 0 bridgehead atoms. The van der Waals surface area contributed by atoms with Crippen LogP contribution in [0.3, 0.4) is 0 Å². The number of halogens is 4. The SMILES string of the molecule is CC(NC(=O)Cn1nc(C(F)(F)F)c2c1CCN(C)C2)c1ccc(Cl)cc1. The van der Waals surface area contributed by atoms with E-state index in [1.165, 1.54) is 4.68 Å².